The number of hydrogen-bond donors (Lipinski definition) is 2. The van der Waals surface area contributed by atoms with Crippen molar-refractivity contribution in [2.75, 3.05) is 5.32 Å². The van der Waals surface area contributed by atoms with Crippen LogP contribution >= 0.6 is 22.7 Å². The van der Waals surface area contributed by atoms with Gasteiger partial charge in [0.25, 0.3) is 5.91 Å². The highest BCUT2D eigenvalue weighted by atomic mass is 32.1. The van der Waals surface area contributed by atoms with Crippen LogP contribution in [-0.2, 0) is 6.18 Å². The molecule has 3 heterocycles. The van der Waals surface area contributed by atoms with E-state index in [0.717, 1.165) is 21.7 Å². The molecule has 0 saturated heterocycles. The summed E-state index contributed by atoms with van der Waals surface area (Å²) in [6, 6.07) is 6.19. The Balaban J connectivity index is 1.43. The number of amides is 1. The molecular formula is C19H14F3N5OS2. The molecule has 0 saturated carbocycles. The molecule has 11 heteroatoms. The van der Waals surface area contributed by atoms with Gasteiger partial charge in [0.15, 0.2) is 5.13 Å². The van der Waals surface area contributed by atoms with E-state index in [1.165, 1.54) is 41.1 Å². The van der Waals surface area contributed by atoms with E-state index in [1.807, 2.05) is 18.4 Å². The average Bonchev–Trinajstić information content (AvgIpc) is 3.36. The van der Waals surface area contributed by atoms with Gasteiger partial charge in [-0.25, -0.2) is 15.0 Å². The first-order valence-electron chi connectivity index (χ1n) is 8.70. The van der Waals surface area contributed by atoms with Crippen molar-refractivity contribution in [1.82, 2.24) is 20.3 Å². The zero-order chi connectivity index (χ0) is 21.3. The number of nitrogens with zero attached hydrogens (tertiary/aromatic N) is 3. The summed E-state index contributed by atoms with van der Waals surface area (Å²) in [7, 11) is 0. The molecule has 2 N–H and O–H groups in total. The number of alkyl halides is 3. The Labute approximate surface area is 176 Å². The monoisotopic (exact) mass is 449 g/mol. The Hall–Kier alpha value is -3.05. The fraction of sp³-hybridized carbons (Fsp3) is 0.158. The van der Waals surface area contributed by atoms with E-state index in [-0.39, 0.29) is 11.9 Å². The lowest BCUT2D eigenvalue weighted by atomic mass is 10.2. The second-order valence-corrected chi connectivity index (χ2v) is 8.30. The molecule has 4 rings (SSSR count). The molecule has 154 valence electrons. The van der Waals surface area contributed by atoms with Crippen LogP contribution in [0.2, 0.25) is 0 Å². The van der Waals surface area contributed by atoms with Crippen LogP contribution in [0.3, 0.4) is 0 Å². The third-order valence-corrected chi connectivity index (χ3v) is 6.23. The zero-order valence-electron chi connectivity index (χ0n) is 15.4. The molecule has 6 nitrogen and oxygen atoms in total. The lowest BCUT2D eigenvalue weighted by molar-refractivity contribution is -0.137. The lowest BCUT2D eigenvalue weighted by Gasteiger charge is -2.11. The number of carbonyl (C=O) groups is 1. The highest BCUT2D eigenvalue weighted by Crippen LogP contribution is 2.31. The van der Waals surface area contributed by atoms with Gasteiger partial charge >= 0.3 is 6.18 Å². The number of benzene rings is 1. The Bertz CT molecular complexity index is 1190. The van der Waals surface area contributed by atoms with Crippen molar-refractivity contribution in [1.29, 1.82) is 0 Å². The smallest absolute Gasteiger partial charge is 0.343 e. The zero-order valence-corrected chi connectivity index (χ0v) is 17.0. The van der Waals surface area contributed by atoms with E-state index < -0.39 is 11.7 Å². The van der Waals surface area contributed by atoms with Gasteiger partial charge in [0.1, 0.15) is 12.0 Å². The molecule has 0 aliphatic rings. The number of hydrogen-bond acceptors (Lipinski definition) is 7. The van der Waals surface area contributed by atoms with Gasteiger partial charge in [-0.2, -0.15) is 13.2 Å². The molecule has 1 aromatic carbocycles. The van der Waals surface area contributed by atoms with Gasteiger partial charge in [0.2, 0.25) is 0 Å². The molecule has 1 amide bonds. The number of carbonyl (C=O) groups excluding carboxylic acids is 1. The molecule has 0 aliphatic carbocycles. The van der Waals surface area contributed by atoms with Gasteiger partial charge < -0.3 is 10.6 Å². The summed E-state index contributed by atoms with van der Waals surface area (Å²) in [5.41, 5.74) is 0.804. The number of thiazole rings is 1. The van der Waals surface area contributed by atoms with Crippen LogP contribution in [0, 0.1) is 0 Å². The maximum absolute atomic E-state index is 12.7. The Morgan fingerprint density at radius 2 is 1.87 bits per heavy atom. The fourth-order valence-electron chi connectivity index (χ4n) is 2.70. The summed E-state index contributed by atoms with van der Waals surface area (Å²) in [4.78, 5) is 25.9. The number of thiophene rings is 1. The second-order valence-electron chi connectivity index (χ2n) is 6.32. The predicted octanol–water partition coefficient (Wildman–Crippen LogP) is 5.40. The van der Waals surface area contributed by atoms with Gasteiger partial charge in [-0.15, -0.1) is 11.3 Å². The molecule has 1 atom stereocenters. The van der Waals surface area contributed by atoms with Gasteiger partial charge in [0, 0.05) is 16.8 Å². The molecule has 0 aliphatic heterocycles. The molecule has 0 fully saturated rings. The molecule has 0 radical (unpaired) electrons. The standard InChI is InChI=1S/C19H14F3N5OS2/c1-10(26-17(28)15-16-13(6-7-29-16)24-9-25-15)14-8-23-18(30-14)27-12-4-2-11(3-5-12)19(20,21)22/h2-10H,1H3,(H,23,27)(H,26,28). The van der Waals surface area contributed by atoms with Crippen LogP contribution in [-0.4, -0.2) is 20.9 Å². The third-order valence-electron chi connectivity index (χ3n) is 4.22. The van der Waals surface area contributed by atoms with Gasteiger partial charge in [0.05, 0.1) is 21.8 Å². The highest BCUT2D eigenvalue weighted by Gasteiger charge is 2.30. The largest absolute Gasteiger partial charge is 0.416 e. The van der Waals surface area contributed by atoms with Crippen molar-refractivity contribution >= 4 is 49.6 Å². The van der Waals surface area contributed by atoms with Gasteiger partial charge in [-0.1, -0.05) is 11.3 Å². The minimum atomic E-state index is -4.38. The third kappa shape index (κ3) is 4.26. The summed E-state index contributed by atoms with van der Waals surface area (Å²) in [6.07, 6.45) is -1.41. The minimum absolute atomic E-state index is 0.314. The summed E-state index contributed by atoms with van der Waals surface area (Å²) >= 11 is 2.70. The second kappa shape index (κ2) is 8.00. The first-order valence-corrected chi connectivity index (χ1v) is 10.4. The summed E-state index contributed by atoms with van der Waals surface area (Å²) in [5, 5.41) is 8.22. The predicted molar refractivity (Wildman–Crippen MR) is 110 cm³/mol. The highest BCUT2D eigenvalue weighted by molar-refractivity contribution is 7.17. The van der Waals surface area contributed by atoms with E-state index in [1.54, 1.807) is 6.20 Å². The normalized spacial score (nSPS) is 12.7. The number of fused-ring (bicyclic) bond motifs is 1. The van der Waals surface area contributed by atoms with Crippen LogP contribution in [0.25, 0.3) is 10.2 Å². The molecule has 1 unspecified atom stereocenters. The van der Waals surface area contributed by atoms with E-state index >= 15 is 0 Å². The number of nitrogens with one attached hydrogen (secondary N) is 2. The number of aromatic nitrogens is 3. The molecule has 0 bridgehead atoms. The Kier molecular flexibility index (Phi) is 5.39. The van der Waals surface area contributed by atoms with Crippen molar-refractivity contribution in [2.24, 2.45) is 0 Å². The van der Waals surface area contributed by atoms with Crippen molar-refractivity contribution in [3.63, 3.8) is 0 Å². The van der Waals surface area contributed by atoms with Crippen LogP contribution in [0.5, 0.6) is 0 Å². The van der Waals surface area contributed by atoms with Crippen molar-refractivity contribution in [2.45, 2.75) is 19.1 Å². The van der Waals surface area contributed by atoms with Crippen LogP contribution in [0.4, 0.5) is 24.0 Å². The van der Waals surface area contributed by atoms with Gasteiger partial charge in [-0.05, 0) is 42.6 Å². The molecule has 30 heavy (non-hydrogen) atoms. The van der Waals surface area contributed by atoms with Crippen molar-refractivity contribution in [3.05, 3.63) is 64.4 Å². The minimum Gasteiger partial charge on any atom is -0.343 e. The fourth-order valence-corrected chi connectivity index (χ4v) is 4.37. The maximum atomic E-state index is 12.7. The van der Waals surface area contributed by atoms with Gasteiger partial charge in [-0.3, -0.25) is 4.79 Å². The topological polar surface area (TPSA) is 79.8 Å². The van der Waals surface area contributed by atoms with Crippen molar-refractivity contribution in [3.8, 4) is 0 Å². The van der Waals surface area contributed by atoms with E-state index in [9.17, 15) is 18.0 Å². The number of anilines is 2. The Morgan fingerprint density at radius 3 is 2.60 bits per heavy atom. The quantitative estimate of drug-likeness (QED) is 0.426. The van der Waals surface area contributed by atoms with Crippen LogP contribution in [0.15, 0.2) is 48.2 Å². The lowest BCUT2D eigenvalue weighted by Crippen LogP contribution is -2.27. The van der Waals surface area contributed by atoms with E-state index in [2.05, 4.69) is 25.6 Å². The Morgan fingerprint density at radius 1 is 1.10 bits per heavy atom. The number of halogens is 3. The maximum Gasteiger partial charge on any atom is 0.416 e. The first kappa shape index (κ1) is 20.2. The summed E-state index contributed by atoms with van der Waals surface area (Å²) in [6.45, 7) is 1.82. The molecular weight excluding hydrogens is 435 g/mol. The van der Waals surface area contributed by atoms with Crippen molar-refractivity contribution < 1.29 is 18.0 Å². The molecule has 4 aromatic rings. The van der Waals surface area contributed by atoms with E-state index in [0.29, 0.717) is 22.0 Å². The molecule has 0 spiro atoms. The SMILES string of the molecule is CC(NC(=O)c1ncnc2ccsc12)c1cnc(Nc2ccc(C(F)(F)F)cc2)s1. The summed E-state index contributed by atoms with van der Waals surface area (Å²) < 4.78 is 38.7. The van der Waals surface area contributed by atoms with Crippen LogP contribution in [0.1, 0.15) is 33.9 Å². The average molecular weight is 449 g/mol. The summed E-state index contributed by atoms with van der Waals surface area (Å²) in [5.74, 6) is -0.317. The number of rotatable bonds is 5. The van der Waals surface area contributed by atoms with Crippen LogP contribution < -0.4 is 10.6 Å². The first-order chi connectivity index (χ1) is 14.3. The van der Waals surface area contributed by atoms with E-state index in [4.69, 9.17) is 0 Å². The molecule has 3 aromatic heterocycles.